The zero-order valence-corrected chi connectivity index (χ0v) is 11.3. The first kappa shape index (κ1) is 15.5. The topological polar surface area (TPSA) is 53.8 Å². The van der Waals surface area contributed by atoms with Crippen molar-refractivity contribution < 1.29 is 18.0 Å². The lowest BCUT2D eigenvalue weighted by atomic mass is 9.76. The Balaban J connectivity index is 2.03. The van der Waals surface area contributed by atoms with Crippen LogP contribution in [-0.4, -0.2) is 16.9 Å². The number of ketones is 1. The molecule has 6 heteroatoms. The Hall–Kier alpha value is -1.90. The Labute approximate surface area is 120 Å². The van der Waals surface area contributed by atoms with Crippen LogP contribution in [0.5, 0.6) is 0 Å². The van der Waals surface area contributed by atoms with E-state index >= 15 is 0 Å². The Morgan fingerprint density at radius 3 is 2.43 bits per heavy atom. The van der Waals surface area contributed by atoms with Crippen LogP contribution in [0.3, 0.4) is 0 Å². The molecule has 1 aromatic heterocycles. The SMILES string of the molecule is N#CC(C(=O)C1CCC(C(F)(F)F)CC1)c1ccccn1. The molecule has 21 heavy (non-hydrogen) atoms. The fourth-order valence-electron chi connectivity index (χ4n) is 2.76. The standard InChI is InChI=1S/C15H15F3N2O/c16-15(17,18)11-6-4-10(5-7-11)14(21)12(9-19)13-3-1-2-8-20-13/h1-3,8,10-12H,4-7H2. The average Bonchev–Trinajstić information content (AvgIpc) is 2.48. The molecular formula is C15H15F3N2O. The van der Waals surface area contributed by atoms with Crippen molar-refractivity contribution in [2.45, 2.75) is 37.8 Å². The largest absolute Gasteiger partial charge is 0.391 e. The van der Waals surface area contributed by atoms with Crippen LogP contribution in [0.25, 0.3) is 0 Å². The number of carbonyl (C=O) groups is 1. The van der Waals surface area contributed by atoms with Crippen LogP contribution < -0.4 is 0 Å². The second-order valence-electron chi connectivity index (χ2n) is 5.31. The van der Waals surface area contributed by atoms with Gasteiger partial charge in [0.15, 0.2) is 5.78 Å². The summed E-state index contributed by atoms with van der Waals surface area (Å²) < 4.78 is 37.8. The van der Waals surface area contributed by atoms with Gasteiger partial charge in [-0.15, -0.1) is 0 Å². The van der Waals surface area contributed by atoms with Crippen molar-refractivity contribution in [1.82, 2.24) is 4.98 Å². The quantitative estimate of drug-likeness (QED) is 0.856. The van der Waals surface area contributed by atoms with E-state index in [4.69, 9.17) is 0 Å². The first-order chi connectivity index (χ1) is 9.93. The number of pyridine rings is 1. The maximum atomic E-state index is 12.6. The number of Topliss-reactive ketones (excluding diaryl/α,β-unsaturated/α-hetero) is 1. The number of hydrogen-bond acceptors (Lipinski definition) is 3. The van der Waals surface area contributed by atoms with Crippen molar-refractivity contribution in [3.63, 3.8) is 0 Å². The molecule has 0 aliphatic heterocycles. The molecule has 0 bridgehead atoms. The van der Waals surface area contributed by atoms with E-state index < -0.39 is 23.9 Å². The molecule has 1 fully saturated rings. The van der Waals surface area contributed by atoms with E-state index in [1.165, 1.54) is 6.20 Å². The van der Waals surface area contributed by atoms with E-state index in [9.17, 15) is 23.2 Å². The highest BCUT2D eigenvalue weighted by Gasteiger charge is 2.43. The van der Waals surface area contributed by atoms with Crippen LogP contribution in [0.1, 0.15) is 37.3 Å². The van der Waals surface area contributed by atoms with Crippen molar-refractivity contribution >= 4 is 5.78 Å². The van der Waals surface area contributed by atoms with E-state index in [0.29, 0.717) is 5.69 Å². The van der Waals surface area contributed by atoms with Gasteiger partial charge >= 0.3 is 6.18 Å². The van der Waals surface area contributed by atoms with Crippen molar-refractivity contribution in [2.24, 2.45) is 11.8 Å². The Morgan fingerprint density at radius 2 is 1.95 bits per heavy atom. The van der Waals surface area contributed by atoms with Crippen LogP contribution in [0.4, 0.5) is 13.2 Å². The Bertz CT molecular complexity index is 528. The molecule has 112 valence electrons. The molecule has 0 N–H and O–H groups in total. The van der Waals surface area contributed by atoms with Gasteiger partial charge in [0.05, 0.1) is 17.7 Å². The van der Waals surface area contributed by atoms with Gasteiger partial charge in [-0.05, 0) is 37.8 Å². The number of halogens is 3. The lowest BCUT2D eigenvalue weighted by Gasteiger charge is -2.29. The molecule has 0 amide bonds. The Morgan fingerprint density at radius 1 is 1.29 bits per heavy atom. The average molecular weight is 296 g/mol. The summed E-state index contributed by atoms with van der Waals surface area (Å²) in [5.74, 6) is -3.09. The minimum Gasteiger partial charge on any atom is -0.297 e. The zero-order chi connectivity index (χ0) is 15.5. The molecule has 1 atom stereocenters. The van der Waals surface area contributed by atoms with Gasteiger partial charge in [-0.25, -0.2) is 0 Å². The van der Waals surface area contributed by atoms with E-state index in [1.54, 1.807) is 18.2 Å². The van der Waals surface area contributed by atoms with Crippen LogP contribution in [-0.2, 0) is 4.79 Å². The van der Waals surface area contributed by atoms with Crippen LogP contribution in [0.15, 0.2) is 24.4 Å². The van der Waals surface area contributed by atoms with E-state index in [1.807, 2.05) is 6.07 Å². The normalized spacial score (nSPS) is 24.1. The minimum atomic E-state index is -4.19. The molecule has 0 spiro atoms. The molecule has 2 rings (SSSR count). The fraction of sp³-hybridized carbons (Fsp3) is 0.533. The maximum absolute atomic E-state index is 12.6. The first-order valence-corrected chi connectivity index (χ1v) is 6.84. The lowest BCUT2D eigenvalue weighted by Crippen LogP contribution is -2.32. The monoisotopic (exact) mass is 296 g/mol. The number of alkyl halides is 3. The van der Waals surface area contributed by atoms with Crippen molar-refractivity contribution in [1.29, 1.82) is 5.26 Å². The zero-order valence-electron chi connectivity index (χ0n) is 11.3. The lowest BCUT2D eigenvalue weighted by molar-refractivity contribution is -0.184. The summed E-state index contributed by atoms with van der Waals surface area (Å²) in [6, 6.07) is 6.87. The number of nitrogens with zero attached hydrogens (tertiary/aromatic N) is 2. The maximum Gasteiger partial charge on any atom is 0.391 e. The molecule has 1 unspecified atom stereocenters. The van der Waals surface area contributed by atoms with Crippen molar-refractivity contribution in [3.05, 3.63) is 30.1 Å². The summed E-state index contributed by atoms with van der Waals surface area (Å²) >= 11 is 0. The molecule has 1 heterocycles. The summed E-state index contributed by atoms with van der Waals surface area (Å²) in [6.45, 7) is 0. The highest BCUT2D eigenvalue weighted by molar-refractivity contribution is 5.90. The van der Waals surface area contributed by atoms with E-state index in [2.05, 4.69) is 4.98 Å². The molecule has 3 nitrogen and oxygen atoms in total. The van der Waals surface area contributed by atoms with Gasteiger partial charge in [0.25, 0.3) is 0 Å². The van der Waals surface area contributed by atoms with Gasteiger partial charge in [0.1, 0.15) is 5.92 Å². The molecular weight excluding hydrogens is 281 g/mol. The third-order valence-electron chi connectivity index (χ3n) is 3.99. The van der Waals surface area contributed by atoms with Gasteiger partial charge in [-0.2, -0.15) is 18.4 Å². The summed E-state index contributed by atoms with van der Waals surface area (Å²) in [4.78, 5) is 16.3. The highest BCUT2D eigenvalue weighted by atomic mass is 19.4. The number of carbonyl (C=O) groups excluding carboxylic acids is 1. The molecule has 0 saturated heterocycles. The number of rotatable bonds is 3. The fourth-order valence-corrected chi connectivity index (χ4v) is 2.76. The smallest absolute Gasteiger partial charge is 0.297 e. The third kappa shape index (κ3) is 3.60. The third-order valence-corrected chi connectivity index (χ3v) is 3.99. The molecule has 1 saturated carbocycles. The molecule has 0 radical (unpaired) electrons. The van der Waals surface area contributed by atoms with Crippen LogP contribution in [0, 0.1) is 23.2 Å². The Kier molecular flexibility index (Phi) is 4.61. The first-order valence-electron chi connectivity index (χ1n) is 6.84. The summed E-state index contributed by atoms with van der Waals surface area (Å²) in [6.07, 6.45) is -2.40. The second kappa shape index (κ2) is 6.25. The number of aromatic nitrogens is 1. The predicted molar refractivity (Wildman–Crippen MR) is 69.1 cm³/mol. The summed E-state index contributed by atoms with van der Waals surface area (Å²) in [7, 11) is 0. The van der Waals surface area contributed by atoms with Gasteiger partial charge in [0.2, 0.25) is 0 Å². The van der Waals surface area contributed by atoms with Gasteiger partial charge in [0, 0.05) is 12.1 Å². The summed E-state index contributed by atoms with van der Waals surface area (Å²) in [5, 5.41) is 9.17. The van der Waals surface area contributed by atoms with Crippen LogP contribution >= 0.6 is 0 Å². The molecule has 1 aliphatic carbocycles. The number of nitriles is 1. The van der Waals surface area contributed by atoms with Gasteiger partial charge in [-0.1, -0.05) is 6.07 Å². The van der Waals surface area contributed by atoms with E-state index in [0.717, 1.165) is 0 Å². The molecule has 0 aromatic carbocycles. The van der Waals surface area contributed by atoms with Crippen molar-refractivity contribution in [2.75, 3.05) is 0 Å². The highest BCUT2D eigenvalue weighted by Crippen LogP contribution is 2.40. The second-order valence-corrected chi connectivity index (χ2v) is 5.31. The van der Waals surface area contributed by atoms with Crippen molar-refractivity contribution in [3.8, 4) is 6.07 Å². The minimum absolute atomic E-state index is 0.0414. The molecule has 1 aliphatic rings. The van der Waals surface area contributed by atoms with Crippen LogP contribution in [0.2, 0.25) is 0 Å². The van der Waals surface area contributed by atoms with Gasteiger partial charge < -0.3 is 0 Å². The number of hydrogen-bond donors (Lipinski definition) is 0. The predicted octanol–water partition coefficient (Wildman–Crippen LogP) is 3.63. The molecule has 1 aromatic rings. The van der Waals surface area contributed by atoms with E-state index in [-0.39, 0.29) is 31.5 Å². The van der Waals surface area contributed by atoms with Gasteiger partial charge in [-0.3, -0.25) is 9.78 Å². The summed E-state index contributed by atoms with van der Waals surface area (Å²) in [5.41, 5.74) is 0.364.